The van der Waals surface area contributed by atoms with E-state index in [-0.39, 0.29) is 5.41 Å². The van der Waals surface area contributed by atoms with Crippen LogP contribution >= 0.6 is 0 Å². The van der Waals surface area contributed by atoms with E-state index in [2.05, 4.69) is 90.9 Å². The fraction of sp³-hybridized carbons (Fsp3) is 0.500. The van der Waals surface area contributed by atoms with E-state index in [1.165, 1.54) is 34.2 Å². The average molecular weight is 323 g/mol. The first-order chi connectivity index (χ1) is 11.2. The summed E-state index contributed by atoms with van der Waals surface area (Å²) in [5, 5.41) is 0. The van der Waals surface area contributed by atoms with Gasteiger partial charge in [-0.05, 0) is 64.8 Å². The van der Waals surface area contributed by atoms with Crippen molar-refractivity contribution in [3.05, 3.63) is 70.3 Å². The Kier molecular flexibility index (Phi) is 5.91. The van der Waals surface area contributed by atoms with Gasteiger partial charge in [0.25, 0.3) is 0 Å². The molecule has 0 saturated carbocycles. The highest BCUT2D eigenvalue weighted by atomic mass is 14.2. The summed E-state index contributed by atoms with van der Waals surface area (Å²) in [5.74, 6) is 1.19. The van der Waals surface area contributed by atoms with Crippen molar-refractivity contribution in [2.45, 2.75) is 78.6 Å². The minimum atomic E-state index is 0.207. The summed E-state index contributed by atoms with van der Waals surface area (Å²) < 4.78 is 0. The maximum absolute atomic E-state index is 2.42. The van der Waals surface area contributed by atoms with E-state index in [4.69, 9.17) is 0 Å². The van der Waals surface area contributed by atoms with Crippen molar-refractivity contribution in [1.82, 2.24) is 0 Å². The third-order valence-electron chi connectivity index (χ3n) is 5.19. The predicted octanol–water partition coefficient (Wildman–Crippen LogP) is 7.15. The van der Waals surface area contributed by atoms with Crippen LogP contribution in [0.15, 0.2) is 42.5 Å². The lowest BCUT2D eigenvalue weighted by Crippen LogP contribution is -2.15. The van der Waals surface area contributed by atoms with Crippen molar-refractivity contribution in [3.63, 3.8) is 0 Å². The van der Waals surface area contributed by atoms with Crippen molar-refractivity contribution in [2.24, 2.45) is 0 Å². The van der Waals surface area contributed by atoms with Gasteiger partial charge in [-0.15, -0.1) is 0 Å². The van der Waals surface area contributed by atoms with Gasteiger partial charge in [-0.3, -0.25) is 0 Å². The Morgan fingerprint density at radius 2 is 1.58 bits per heavy atom. The van der Waals surface area contributed by atoms with E-state index in [0.717, 1.165) is 6.42 Å². The predicted molar refractivity (Wildman–Crippen MR) is 107 cm³/mol. The molecular weight excluding hydrogens is 288 g/mol. The second-order valence-electron chi connectivity index (χ2n) is 8.62. The van der Waals surface area contributed by atoms with Gasteiger partial charge in [0.2, 0.25) is 0 Å². The second kappa shape index (κ2) is 7.55. The molecule has 0 heteroatoms. The molecule has 1 atom stereocenters. The molecule has 0 spiro atoms. The van der Waals surface area contributed by atoms with E-state index >= 15 is 0 Å². The molecular formula is C24H34. The van der Waals surface area contributed by atoms with Crippen molar-refractivity contribution in [2.75, 3.05) is 0 Å². The zero-order valence-electron chi connectivity index (χ0n) is 16.6. The highest BCUT2D eigenvalue weighted by Gasteiger charge is 2.20. The standard InChI is InChI=1S/C24H34/c1-17(2)20-14-12-18(3)21(16-20)15-13-19(4)22-10-8-9-11-23(22)24(5,6)7/h8-12,14,16-17,19H,13,15H2,1-7H3. The number of hydrogen-bond donors (Lipinski definition) is 0. The molecule has 0 radical (unpaired) electrons. The Hall–Kier alpha value is -1.56. The van der Waals surface area contributed by atoms with Crippen LogP contribution < -0.4 is 0 Å². The Labute approximate surface area is 149 Å². The largest absolute Gasteiger partial charge is 0.0620 e. The molecule has 0 heterocycles. The molecule has 2 aromatic rings. The van der Waals surface area contributed by atoms with E-state index in [0.29, 0.717) is 11.8 Å². The minimum absolute atomic E-state index is 0.207. The summed E-state index contributed by atoms with van der Waals surface area (Å²) in [7, 11) is 0. The van der Waals surface area contributed by atoms with Crippen LogP contribution in [0.5, 0.6) is 0 Å². The fourth-order valence-electron chi connectivity index (χ4n) is 3.46. The maximum Gasteiger partial charge on any atom is -0.0129 e. The highest BCUT2D eigenvalue weighted by Crippen LogP contribution is 2.33. The minimum Gasteiger partial charge on any atom is -0.0620 e. The summed E-state index contributed by atoms with van der Waals surface area (Å²) in [5.41, 5.74) is 7.61. The first kappa shape index (κ1) is 18.8. The van der Waals surface area contributed by atoms with Crippen molar-refractivity contribution in [1.29, 1.82) is 0 Å². The van der Waals surface area contributed by atoms with Crippen LogP contribution in [0.2, 0.25) is 0 Å². The van der Waals surface area contributed by atoms with Crippen LogP contribution in [0.3, 0.4) is 0 Å². The fourth-order valence-corrected chi connectivity index (χ4v) is 3.46. The molecule has 0 aromatic heterocycles. The molecule has 1 unspecified atom stereocenters. The van der Waals surface area contributed by atoms with Crippen molar-refractivity contribution in [3.8, 4) is 0 Å². The van der Waals surface area contributed by atoms with Gasteiger partial charge in [-0.2, -0.15) is 0 Å². The number of rotatable bonds is 5. The Bertz CT molecular complexity index is 671. The molecule has 0 bridgehead atoms. The van der Waals surface area contributed by atoms with Crippen LogP contribution in [0.25, 0.3) is 0 Å². The molecule has 130 valence electrons. The van der Waals surface area contributed by atoms with Gasteiger partial charge in [-0.25, -0.2) is 0 Å². The average Bonchev–Trinajstić information content (AvgIpc) is 2.52. The van der Waals surface area contributed by atoms with Crippen LogP contribution in [-0.4, -0.2) is 0 Å². The Morgan fingerprint density at radius 1 is 0.917 bits per heavy atom. The smallest absolute Gasteiger partial charge is 0.0129 e. The summed E-state index contributed by atoms with van der Waals surface area (Å²) >= 11 is 0. The lowest BCUT2D eigenvalue weighted by Gasteiger charge is -2.26. The number of benzene rings is 2. The van der Waals surface area contributed by atoms with Crippen LogP contribution in [0, 0.1) is 6.92 Å². The van der Waals surface area contributed by atoms with Gasteiger partial charge in [0.1, 0.15) is 0 Å². The SMILES string of the molecule is Cc1ccc(C(C)C)cc1CCC(C)c1ccccc1C(C)(C)C. The number of hydrogen-bond acceptors (Lipinski definition) is 0. The molecule has 0 aliphatic heterocycles. The summed E-state index contributed by atoms with van der Waals surface area (Å²) in [6.45, 7) is 16.1. The van der Waals surface area contributed by atoms with Gasteiger partial charge in [0.15, 0.2) is 0 Å². The van der Waals surface area contributed by atoms with Crippen molar-refractivity contribution < 1.29 is 0 Å². The highest BCUT2D eigenvalue weighted by molar-refractivity contribution is 5.36. The van der Waals surface area contributed by atoms with Crippen LogP contribution in [-0.2, 0) is 11.8 Å². The van der Waals surface area contributed by atoms with Gasteiger partial charge >= 0.3 is 0 Å². The molecule has 0 aliphatic carbocycles. The molecule has 0 aliphatic rings. The molecule has 2 rings (SSSR count). The molecule has 0 N–H and O–H groups in total. The van der Waals surface area contributed by atoms with Gasteiger partial charge in [0.05, 0.1) is 0 Å². The van der Waals surface area contributed by atoms with Gasteiger partial charge in [0, 0.05) is 0 Å². The molecule has 24 heavy (non-hydrogen) atoms. The number of aryl methyl sites for hydroxylation is 2. The maximum atomic E-state index is 2.42. The summed E-state index contributed by atoms with van der Waals surface area (Å²) in [6, 6.07) is 16.0. The Balaban J connectivity index is 2.18. The second-order valence-corrected chi connectivity index (χ2v) is 8.62. The van der Waals surface area contributed by atoms with E-state index in [1.807, 2.05) is 0 Å². The monoisotopic (exact) mass is 322 g/mol. The lowest BCUT2D eigenvalue weighted by atomic mass is 9.79. The third-order valence-corrected chi connectivity index (χ3v) is 5.19. The third kappa shape index (κ3) is 4.50. The van der Waals surface area contributed by atoms with Crippen molar-refractivity contribution >= 4 is 0 Å². The van der Waals surface area contributed by atoms with Gasteiger partial charge in [-0.1, -0.05) is 84.0 Å². The van der Waals surface area contributed by atoms with Gasteiger partial charge < -0.3 is 0 Å². The molecule has 0 fully saturated rings. The molecule has 0 saturated heterocycles. The van der Waals surface area contributed by atoms with Crippen LogP contribution in [0.1, 0.15) is 87.6 Å². The first-order valence-corrected chi connectivity index (χ1v) is 9.39. The van der Waals surface area contributed by atoms with Crippen LogP contribution in [0.4, 0.5) is 0 Å². The molecule has 2 aromatic carbocycles. The summed E-state index contributed by atoms with van der Waals surface area (Å²) in [6.07, 6.45) is 2.36. The van der Waals surface area contributed by atoms with E-state index in [1.54, 1.807) is 0 Å². The van der Waals surface area contributed by atoms with E-state index < -0.39 is 0 Å². The lowest BCUT2D eigenvalue weighted by molar-refractivity contribution is 0.565. The topological polar surface area (TPSA) is 0 Å². The first-order valence-electron chi connectivity index (χ1n) is 9.39. The summed E-state index contributed by atoms with van der Waals surface area (Å²) in [4.78, 5) is 0. The zero-order valence-corrected chi connectivity index (χ0v) is 16.6. The molecule has 0 nitrogen and oxygen atoms in total. The van der Waals surface area contributed by atoms with E-state index in [9.17, 15) is 0 Å². The molecule has 0 amide bonds. The zero-order chi connectivity index (χ0) is 17.9. The quantitative estimate of drug-likeness (QED) is 0.548. The Morgan fingerprint density at radius 3 is 2.21 bits per heavy atom. The normalized spacial score (nSPS) is 13.3.